The SMILES string of the molecule is CCCNC(C)(CCSc1cc(C)ccc1C)C(=O)O. The quantitative estimate of drug-likeness (QED) is 0.719. The Hall–Kier alpha value is -1.00. The third-order valence-electron chi connectivity index (χ3n) is 3.44. The maximum absolute atomic E-state index is 11.4. The van der Waals surface area contributed by atoms with Gasteiger partial charge in [0, 0.05) is 10.6 Å². The van der Waals surface area contributed by atoms with E-state index in [4.69, 9.17) is 0 Å². The number of aryl methyl sites for hydroxylation is 2. The van der Waals surface area contributed by atoms with Crippen LogP contribution in [0.5, 0.6) is 0 Å². The highest BCUT2D eigenvalue weighted by molar-refractivity contribution is 7.99. The molecule has 0 saturated heterocycles. The first kappa shape index (κ1) is 17.1. The Kier molecular flexibility index (Phi) is 6.56. The zero-order valence-electron chi connectivity index (χ0n) is 12.8. The first-order valence-electron chi connectivity index (χ1n) is 7.07. The summed E-state index contributed by atoms with van der Waals surface area (Å²) in [6.07, 6.45) is 1.55. The van der Waals surface area contributed by atoms with Crippen LogP contribution in [0.4, 0.5) is 0 Å². The molecule has 0 aliphatic carbocycles. The van der Waals surface area contributed by atoms with Crippen LogP contribution < -0.4 is 5.32 Å². The molecule has 20 heavy (non-hydrogen) atoms. The molecule has 1 atom stereocenters. The number of carboxylic acids is 1. The molecule has 0 bridgehead atoms. The minimum atomic E-state index is -0.833. The summed E-state index contributed by atoms with van der Waals surface area (Å²) in [6.45, 7) is 8.72. The topological polar surface area (TPSA) is 49.3 Å². The van der Waals surface area contributed by atoms with E-state index in [1.165, 1.54) is 16.0 Å². The molecule has 0 saturated carbocycles. The van der Waals surface area contributed by atoms with Gasteiger partial charge in [-0.15, -0.1) is 11.8 Å². The van der Waals surface area contributed by atoms with E-state index in [1.54, 1.807) is 18.7 Å². The molecule has 1 rings (SSSR count). The van der Waals surface area contributed by atoms with Crippen LogP contribution in [0.25, 0.3) is 0 Å². The monoisotopic (exact) mass is 295 g/mol. The van der Waals surface area contributed by atoms with Crippen molar-refractivity contribution in [3.63, 3.8) is 0 Å². The molecular weight excluding hydrogens is 270 g/mol. The van der Waals surface area contributed by atoms with E-state index < -0.39 is 11.5 Å². The minimum absolute atomic E-state index is 0.611. The van der Waals surface area contributed by atoms with Crippen molar-refractivity contribution >= 4 is 17.7 Å². The molecule has 0 heterocycles. The third kappa shape index (κ3) is 4.84. The van der Waals surface area contributed by atoms with Gasteiger partial charge in [0.2, 0.25) is 0 Å². The lowest BCUT2D eigenvalue weighted by Gasteiger charge is -2.26. The first-order chi connectivity index (χ1) is 9.39. The van der Waals surface area contributed by atoms with Crippen LogP contribution in [0, 0.1) is 13.8 Å². The highest BCUT2D eigenvalue weighted by Gasteiger charge is 2.31. The normalized spacial score (nSPS) is 14.0. The van der Waals surface area contributed by atoms with E-state index in [0.717, 1.165) is 18.7 Å². The summed E-state index contributed by atoms with van der Waals surface area (Å²) >= 11 is 1.74. The van der Waals surface area contributed by atoms with Crippen molar-refractivity contribution in [3.05, 3.63) is 29.3 Å². The van der Waals surface area contributed by atoms with Crippen molar-refractivity contribution in [2.75, 3.05) is 12.3 Å². The van der Waals surface area contributed by atoms with Gasteiger partial charge in [-0.1, -0.05) is 24.6 Å². The zero-order valence-corrected chi connectivity index (χ0v) is 13.6. The standard InChI is InChI=1S/C16H25NO2S/c1-5-9-17-16(4,15(18)19)8-10-20-14-11-12(2)6-7-13(14)3/h6-7,11,17H,5,8-10H2,1-4H3,(H,18,19). The molecule has 2 N–H and O–H groups in total. The number of carboxylic acid groups (broad SMARTS) is 1. The van der Waals surface area contributed by atoms with Gasteiger partial charge in [-0.2, -0.15) is 0 Å². The largest absolute Gasteiger partial charge is 0.480 e. The lowest BCUT2D eigenvalue weighted by atomic mass is 9.99. The Balaban J connectivity index is 2.60. The van der Waals surface area contributed by atoms with Crippen molar-refractivity contribution in [1.29, 1.82) is 0 Å². The maximum Gasteiger partial charge on any atom is 0.323 e. The lowest BCUT2D eigenvalue weighted by molar-refractivity contribution is -0.144. The Labute approximate surface area is 126 Å². The Morgan fingerprint density at radius 3 is 2.70 bits per heavy atom. The number of hydrogen-bond donors (Lipinski definition) is 2. The van der Waals surface area contributed by atoms with Gasteiger partial charge in [-0.25, -0.2) is 0 Å². The number of thioether (sulfide) groups is 1. The molecule has 0 aromatic heterocycles. The van der Waals surface area contributed by atoms with Gasteiger partial charge in [-0.3, -0.25) is 4.79 Å². The van der Waals surface area contributed by atoms with Gasteiger partial charge in [0.05, 0.1) is 0 Å². The lowest BCUT2D eigenvalue weighted by Crippen LogP contribution is -2.50. The van der Waals surface area contributed by atoms with E-state index in [2.05, 4.69) is 37.4 Å². The molecule has 112 valence electrons. The number of hydrogen-bond acceptors (Lipinski definition) is 3. The zero-order chi connectivity index (χ0) is 15.2. The van der Waals surface area contributed by atoms with Gasteiger partial charge in [0.15, 0.2) is 0 Å². The summed E-state index contributed by atoms with van der Waals surface area (Å²) in [6, 6.07) is 6.38. The first-order valence-corrected chi connectivity index (χ1v) is 8.06. The summed E-state index contributed by atoms with van der Waals surface area (Å²) < 4.78 is 0. The highest BCUT2D eigenvalue weighted by Crippen LogP contribution is 2.26. The molecule has 0 radical (unpaired) electrons. The van der Waals surface area contributed by atoms with Crippen LogP contribution in [0.15, 0.2) is 23.1 Å². The van der Waals surface area contributed by atoms with Crippen molar-refractivity contribution < 1.29 is 9.90 Å². The summed E-state index contributed by atoms with van der Waals surface area (Å²) in [5.74, 6) is 0.0246. The van der Waals surface area contributed by atoms with Crippen LogP contribution in [-0.2, 0) is 4.79 Å². The minimum Gasteiger partial charge on any atom is -0.480 e. The molecule has 0 fully saturated rings. The van der Waals surface area contributed by atoms with E-state index in [9.17, 15) is 9.90 Å². The molecular formula is C16H25NO2S. The van der Waals surface area contributed by atoms with Crippen LogP contribution in [0.1, 0.15) is 37.8 Å². The molecule has 3 nitrogen and oxygen atoms in total. The highest BCUT2D eigenvalue weighted by atomic mass is 32.2. The summed E-state index contributed by atoms with van der Waals surface area (Å²) in [5.41, 5.74) is 1.66. The maximum atomic E-state index is 11.4. The summed E-state index contributed by atoms with van der Waals surface area (Å²) in [5, 5.41) is 12.5. The van der Waals surface area contributed by atoms with Crippen molar-refractivity contribution in [2.45, 2.75) is 51.0 Å². The fourth-order valence-corrected chi connectivity index (χ4v) is 3.19. The Bertz CT molecular complexity index is 462. The molecule has 0 spiro atoms. The van der Waals surface area contributed by atoms with Gasteiger partial charge < -0.3 is 10.4 Å². The van der Waals surface area contributed by atoms with Crippen LogP contribution >= 0.6 is 11.8 Å². The van der Waals surface area contributed by atoms with Crippen LogP contribution in [-0.4, -0.2) is 28.9 Å². The predicted molar refractivity (Wildman–Crippen MR) is 85.6 cm³/mol. The number of carbonyl (C=O) groups is 1. The van der Waals surface area contributed by atoms with Crippen molar-refractivity contribution in [1.82, 2.24) is 5.32 Å². The van der Waals surface area contributed by atoms with Gasteiger partial charge >= 0.3 is 5.97 Å². The molecule has 0 amide bonds. The van der Waals surface area contributed by atoms with Gasteiger partial charge in [0.1, 0.15) is 5.54 Å². The number of benzene rings is 1. The fourth-order valence-electron chi connectivity index (χ4n) is 1.90. The fraction of sp³-hybridized carbons (Fsp3) is 0.562. The average molecular weight is 295 g/mol. The number of aliphatic carboxylic acids is 1. The second kappa shape index (κ2) is 7.70. The van der Waals surface area contributed by atoms with E-state index in [0.29, 0.717) is 6.42 Å². The second-order valence-corrected chi connectivity index (χ2v) is 6.57. The van der Waals surface area contributed by atoms with E-state index in [1.807, 2.05) is 6.92 Å². The Morgan fingerprint density at radius 2 is 2.10 bits per heavy atom. The van der Waals surface area contributed by atoms with Crippen LogP contribution in [0.2, 0.25) is 0 Å². The van der Waals surface area contributed by atoms with Crippen molar-refractivity contribution in [2.24, 2.45) is 0 Å². The average Bonchev–Trinajstić information content (AvgIpc) is 2.40. The van der Waals surface area contributed by atoms with Crippen LogP contribution in [0.3, 0.4) is 0 Å². The van der Waals surface area contributed by atoms with E-state index in [-0.39, 0.29) is 0 Å². The summed E-state index contributed by atoms with van der Waals surface area (Å²) in [7, 11) is 0. The molecule has 1 aromatic carbocycles. The number of rotatable bonds is 8. The van der Waals surface area contributed by atoms with Gasteiger partial charge in [-0.05, 0) is 51.8 Å². The molecule has 4 heteroatoms. The number of nitrogens with one attached hydrogen (secondary N) is 1. The Morgan fingerprint density at radius 1 is 1.40 bits per heavy atom. The molecule has 1 aromatic rings. The predicted octanol–water partition coefficient (Wildman–Crippen LogP) is 3.63. The molecule has 1 unspecified atom stereocenters. The van der Waals surface area contributed by atoms with E-state index >= 15 is 0 Å². The molecule has 0 aliphatic heterocycles. The van der Waals surface area contributed by atoms with Gasteiger partial charge in [0.25, 0.3) is 0 Å². The smallest absolute Gasteiger partial charge is 0.323 e. The summed E-state index contributed by atoms with van der Waals surface area (Å²) in [4.78, 5) is 12.7. The van der Waals surface area contributed by atoms with Crippen molar-refractivity contribution in [3.8, 4) is 0 Å². The molecule has 0 aliphatic rings. The third-order valence-corrected chi connectivity index (χ3v) is 4.60. The second-order valence-electron chi connectivity index (χ2n) is 5.43.